The number of anilines is 1. The van der Waals surface area contributed by atoms with Crippen LogP contribution in [0.2, 0.25) is 0 Å². The fraction of sp³-hybridized carbons (Fsp3) is 0.500. The first kappa shape index (κ1) is 30.0. The fourth-order valence-corrected chi connectivity index (χ4v) is 4.28. The van der Waals surface area contributed by atoms with Crippen LogP contribution in [0.15, 0.2) is 18.5 Å². The minimum absolute atomic E-state index is 0. The number of nitrogens with zero attached hydrogens (tertiary/aromatic N) is 3. The summed E-state index contributed by atoms with van der Waals surface area (Å²) in [5.41, 5.74) is 0.510. The van der Waals surface area contributed by atoms with Gasteiger partial charge >= 0.3 is 59.1 Å². The van der Waals surface area contributed by atoms with Gasteiger partial charge < -0.3 is 28.5 Å². The summed E-state index contributed by atoms with van der Waals surface area (Å²) >= 11 is 0. The van der Waals surface area contributed by atoms with Crippen molar-refractivity contribution in [1.82, 2.24) is 14.7 Å². The number of rotatable bonds is 8. The molecule has 0 radical (unpaired) electrons. The molecule has 16 heteroatoms. The van der Waals surface area contributed by atoms with Crippen molar-refractivity contribution in [3.63, 3.8) is 0 Å². The molecule has 12 nitrogen and oxygen atoms in total. The van der Waals surface area contributed by atoms with Gasteiger partial charge in [-0.05, 0) is 31.2 Å². The maximum absolute atomic E-state index is 11.1. The Kier molecular flexibility index (Phi) is 11.8. The van der Waals surface area contributed by atoms with Gasteiger partial charge in [-0.2, -0.15) is 8.42 Å². The van der Waals surface area contributed by atoms with Crippen LogP contribution >= 0.6 is 7.82 Å². The molecule has 0 bridgehead atoms. The van der Waals surface area contributed by atoms with Gasteiger partial charge in [0, 0.05) is 31.1 Å². The second kappa shape index (κ2) is 12.6. The number of fused-ring (bicyclic) bond motifs is 1. The van der Waals surface area contributed by atoms with Crippen molar-refractivity contribution in [2.24, 2.45) is 11.1 Å². The predicted molar refractivity (Wildman–Crippen MR) is 105 cm³/mol. The molecule has 1 aliphatic heterocycles. The maximum atomic E-state index is 11.1. The zero-order valence-corrected chi connectivity index (χ0v) is 23.9. The quantitative estimate of drug-likeness (QED) is 0.258. The molecule has 0 atom stereocenters. The summed E-state index contributed by atoms with van der Waals surface area (Å²) in [4.78, 5) is 32.7. The van der Waals surface area contributed by atoms with Crippen LogP contribution in [0.25, 0.3) is 10.9 Å². The molecule has 1 aliphatic rings. The SMILES string of the molecule is COc1cc2ncnc(N3CCC(CCNS(N)(=O)=O)CC3)c2cc1OP(=O)([O-])[O-].[Na+].[Na+]. The van der Waals surface area contributed by atoms with Crippen LogP contribution in [0.4, 0.5) is 5.82 Å². The first-order valence-electron chi connectivity index (χ1n) is 9.12. The largest absolute Gasteiger partial charge is 1.00 e. The van der Waals surface area contributed by atoms with Crippen molar-refractivity contribution in [1.29, 1.82) is 0 Å². The Bertz CT molecular complexity index is 1060. The van der Waals surface area contributed by atoms with E-state index in [-0.39, 0.29) is 77.2 Å². The third kappa shape index (κ3) is 8.64. The second-order valence-corrected chi connectivity index (χ2v) is 9.37. The van der Waals surface area contributed by atoms with Gasteiger partial charge in [0.1, 0.15) is 20.0 Å². The summed E-state index contributed by atoms with van der Waals surface area (Å²) in [5.74, 6) is 0.758. The molecule has 3 N–H and O–H groups in total. The number of hydrogen-bond donors (Lipinski definition) is 2. The van der Waals surface area contributed by atoms with Crippen LogP contribution < -0.4 is 92.9 Å². The molecule has 1 saturated heterocycles. The van der Waals surface area contributed by atoms with Crippen molar-refractivity contribution >= 4 is 34.8 Å². The summed E-state index contributed by atoms with van der Waals surface area (Å²) in [6.07, 6.45) is 3.69. The monoisotopic (exact) mass is 505 g/mol. The molecule has 0 amide bonds. The third-order valence-corrected chi connectivity index (χ3v) is 5.91. The van der Waals surface area contributed by atoms with Gasteiger partial charge in [-0.1, -0.05) is 0 Å². The number of phosphoric ester groups is 1. The van der Waals surface area contributed by atoms with Crippen molar-refractivity contribution in [2.75, 3.05) is 31.6 Å². The Morgan fingerprint density at radius 2 is 1.88 bits per heavy atom. The van der Waals surface area contributed by atoms with Crippen molar-refractivity contribution < 1.29 is 91.1 Å². The summed E-state index contributed by atoms with van der Waals surface area (Å²) in [5, 5.41) is 5.46. The fourth-order valence-electron chi connectivity index (χ4n) is 3.49. The number of ether oxygens (including phenoxy) is 1. The van der Waals surface area contributed by atoms with E-state index in [1.165, 1.54) is 25.6 Å². The van der Waals surface area contributed by atoms with Crippen molar-refractivity contribution in [3.05, 3.63) is 18.5 Å². The van der Waals surface area contributed by atoms with E-state index in [0.29, 0.717) is 42.1 Å². The van der Waals surface area contributed by atoms with Crippen LogP contribution in [-0.4, -0.2) is 45.1 Å². The molecule has 32 heavy (non-hydrogen) atoms. The molecular formula is C16H22N5Na2O7PS. The minimum atomic E-state index is -5.28. The average molecular weight is 505 g/mol. The summed E-state index contributed by atoms with van der Waals surface area (Å²) in [6, 6.07) is 2.87. The van der Waals surface area contributed by atoms with E-state index in [2.05, 4.69) is 19.2 Å². The molecule has 2 heterocycles. The van der Waals surface area contributed by atoms with Crippen molar-refractivity contribution in [3.8, 4) is 11.5 Å². The molecule has 3 rings (SSSR count). The smallest absolute Gasteiger partial charge is 0.780 e. The molecule has 0 aliphatic carbocycles. The van der Waals surface area contributed by atoms with E-state index >= 15 is 0 Å². The molecule has 1 aromatic carbocycles. The Balaban J connectivity index is 0.00000256. The number of nitrogens with one attached hydrogen (secondary N) is 1. The number of methoxy groups -OCH3 is 1. The summed E-state index contributed by atoms with van der Waals surface area (Å²) in [7, 11) is -7.64. The second-order valence-electron chi connectivity index (χ2n) is 6.91. The van der Waals surface area contributed by atoms with Crippen LogP contribution in [0.3, 0.4) is 0 Å². The van der Waals surface area contributed by atoms with Crippen LogP contribution in [0.5, 0.6) is 11.5 Å². The van der Waals surface area contributed by atoms with Crippen molar-refractivity contribution in [2.45, 2.75) is 19.3 Å². The molecule has 2 aromatic rings. The number of benzene rings is 1. The Morgan fingerprint density at radius 1 is 1.22 bits per heavy atom. The molecule has 0 saturated carbocycles. The molecule has 0 unspecified atom stereocenters. The Morgan fingerprint density at radius 3 is 2.44 bits per heavy atom. The number of hydrogen-bond acceptors (Lipinski definition) is 10. The first-order valence-corrected chi connectivity index (χ1v) is 12.1. The molecule has 1 aromatic heterocycles. The van der Waals surface area contributed by atoms with Gasteiger partial charge in [0.05, 0.1) is 12.6 Å². The van der Waals surface area contributed by atoms with E-state index in [4.69, 9.17) is 9.88 Å². The summed E-state index contributed by atoms with van der Waals surface area (Å²) < 4.78 is 44.9. The van der Waals surface area contributed by atoms with Gasteiger partial charge in [-0.3, -0.25) is 0 Å². The Hall–Kier alpha value is -0.0200. The minimum Gasteiger partial charge on any atom is -0.780 e. The third-order valence-electron chi connectivity index (χ3n) is 4.88. The van der Waals surface area contributed by atoms with E-state index in [1.807, 2.05) is 4.90 Å². The average Bonchev–Trinajstić information content (AvgIpc) is 2.65. The standard InChI is InChI=1S/C16H24N5O7PS.2Na/c1-27-14-9-13-12(8-15(14)28-29(22,23)24)16(19-10-18-13)21-6-3-11(4-7-21)2-5-20-30(17,25)26;;/h8-11,20H,2-7H2,1H3,(H2,17,25,26)(H2,22,23,24);;/q;2*+1/p-2. The maximum Gasteiger partial charge on any atom is 1.00 e. The van der Waals surface area contributed by atoms with Gasteiger partial charge in [0.15, 0.2) is 11.5 Å². The summed E-state index contributed by atoms with van der Waals surface area (Å²) in [6.45, 7) is 1.61. The van der Waals surface area contributed by atoms with Gasteiger partial charge in [0.2, 0.25) is 0 Å². The Labute approximate surface area is 230 Å². The number of phosphoric acid groups is 1. The zero-order chi connectivity index (χ0) is 21.9. The number of aromatic nitrogens is 2. The zero-order valence-electron chi connectivity index (χ0n) is 18.2. The number of piperidine rings is 1. The molecular weight excluding hydrogens is 483 g/mol. The topological polar surface area (TPSA) is 183 Å². The van der Waals surface area contributed by atoms with Gasteiger partial charge in [-0.25, -0.2) is 19.8 Å². The van der Waals surface area contributed by atoms with E-state index in [0.717, 1.165) is 12.8 Å². The predicted octanol–water partition coefficient (Wildman–Crippen LogP) is -6.75. The molecule has 166 valence electrons. The molecule has 0 spiro atoms. The van der Waals surface area contributed by atoms with E-state index in [9.17, 15) is 22.8 Å². The van der Waals surface area contributed by atoms with E-state index in [1.54, 1.807) is 0 Å². The van der Waals surface area contributed by atoms with Gasteiger partial charge in [-0.15, -0.1) is 0 Å². The van der Waals surface area contributed by atoms with Crippen LogP contribution in [0.1, 0.15) is 19.3 Å². The van der Waals surface area contributed by atoms with E-state index < -0.39 is 18.0 Å². The molecule has 1 fully saturated rings. The van der Waals surface area contributed by atoms with Gasteiger partial charge in [0.25, 0.3) is 10.2 Å². The van der Waals surface area contributed by atoms with Crippen LogP contribution in [0, 0.1) is 5.92 Å². The number of nitrogens with two attached hydrogens (primary N) is 1. The first-order chi connectivity index (χ1) is 14.1. The van der Waals surface area contributed by atoms with Crippen LogP contribution in [-0.2, 0) is 14.8 Å². The normalized spacial score (nSPS) is 15.1.